The van der Waals surface area contributed by atoms with Gasteiger partial charge >= 0.3 is 0 Å². The molecule has 0 saturated carbocycles. The Morgan fingerprint density at radius 2 is 1.96 bits per heavy atom. The summed E-state index contributed by atoms with van der Waals surface area (Å²) in [6.07, 6.45) is 1.46. The number of benzene rings is 2. The van der Waals surface area contributed by atoms with Gasteiger partial charge in [-0.15, -0.1) is 5.10 Å². The number of carbonyl (C=O) groups excluding carboxylic acids is 1. The molecule has 1 heterocycles. The summed E-state index contributed by atoms with van der Waals surface area (Å²) in [4.78, 5) is 13.2. The van der Waals surface area contributed by atoms with Gasteiger partial charge in [0, 0.05) is 29.9 Å². The van der Waals surface area contributed by atoms with E-state index in [1.165, 1.54) is 37.7 Å². The number of aromatic nitrogens is 1. The van der Waals surface area contributed by atoms with Gasteiger partial charge in [-0.25, -0.2) is 0 Å². The minimum absolute atomic E-state index is 0.0135. The highest BCUT2D eigenvalue weighted by atomic mass is 32.1. The highest BCUT2D eigenvalue weighted by Crippen LogP contribution is 2.22. The van der Waals surface area contributed by atoms with E-state index in [0.717, 1.165) is 11.4 Å². The first kappa shape index (κ1) is 18.6. The summed E-state index contributed by atoms with van der Waals surface area (Å²) >= 11 is 1.28. The number of phenolic OH excluding ortho intramolecular Hbond substituents is 1. The number of phenols is 1. The summed E-state index contributed by atoms with van der Waals surface area (Å²) < 4.78 is 6.96. The van der Waals surface area contributed by atoms with Crippen molar-refractivity contribution in [3.05, 3.63) is 69.5 Å². The lowest BCUT2D eigenvalue weighted by Gasteiger charge is -2.05. The van der Waals surface area contributed by atoms with E-state index in [1.807, 2.05) is 41.8 Å². The number of hydrogen-bond acceptors (Lipinski definition) is 6. The number of para-hydroxylation sites is 1. The van der Waals surface area contributed by atoms with Crippen LogP contribution in [0.2, 0.25) is 0 Å². The van der Waals surface area contributed by atoms with Crippen molar-refractivity contribution < 1.29 is 14.6 Å². The Morgan fingerprint density at radius 3 is 2.59 bits per heavy atom. The van der Waals surface area contributed by atoms with Crippen LogP contribution in [0.3, 0.4) is 0 Å². The summed E-state index contributed by atoms with van der Waals surface area (Å²) in [6, 6.07) is 14.6. The fraction of sp³-hybridized carbons (Fsp3) is 0.150. The zero-order chi connectivity index (χ0) is 19.4. The fourth-order valence-corrected chi connectivity index (χ4v) is 3.62. The van der Waals surface area contributed by atoms with E-state index in [4.69, 9.17) is 4.74 Å². The van der Waals surface area contributed by atoms with Crippen LogP contribution in [-0.4, -0.2) is 28.8 Å². The van der Waals surface area contributed by atoms with Crippen molar-refractivity contribution in [2.24, 2.45) is 10.2 Å². The van der Waals surface area contributed by atoms with Crippen LogP contribution in [0.25, 0.3) is 5.69 Å². The second-order valence-electron chi connectivity index (χ2n) is 5.80. The monoisotopic (exact) mass is 381 g/mol. The van der Waals surface area contributed by atoms with E-state index in [2.05, 4.69) is 10.2 Å². The van der Waals surface area contributed by atoms with Crippen LogP contribution in [0.1, 0.15) is 27.9 Å². The molecule has 3 rings (SSSR count). The van der Waals surface area contributed by atoms with Crippen LogP contribution in [-0.2, 0) is 0 Å². The molecule has 0 unspecified atom stereocenters. The SMILES string of the molecule is COc1ccc(/C=N/N=c2/sc(C(C)=O)c(C)n2-c2ccccc2)c(O)c1. The summed E-state index contributed by atoms with van der Waals surface area (Å²) in [5.41, 5.74) is 2.24. The maximum absolute atomic E-state index is 11.9. The van der Waals surface area contributed by atoms with Crippen molar-refractivity contribution in [3.8, 4) is 17.2 Å². The van der Waals surface area contributed by atoms with Gasteiger partial charge in [0.05, 0.1) is 18.2 Å². The molecule has 0 saturated heterocycles. The Balaban J connectivity index is 2.05. The molecule has 0 spiro atoms. The van der Waals surface area contributed by atoms with Crippen LogP contribution in [0, 0.1) is 6.92 Å². The minimum atomic E-state index is -0.0135. The lowest BCUT2D eigenvalue weighted by molar-refractivity contribution is 0.102. The van der Waals surface area contributed by atoms with Gasteiger partial charge in [-0.05, 0) is 31.2 Å². The molecule has 27 heavy (non-hydrogen) atoms. The van der Waals surface area contributed by atoms with Crippen molar-refractivity contribution in [2.75, 3.05) is 7.11 Å². The molecule has 0 aliphatic carbocycles. The quantitative estimate of drug-likeness (QED) is 0.416. The molecule has 1 aromatic heterocycles. The summed E-state index contributed by atoms with van der Waals surface area (Å²) in [6.45, 7) is 3.43. The molecular weight excluding hydrogens is 362 g/mol. The molecule has 0 aliphatic heterocycles. The molecule has 0 fully saturated rings. The Hall–Kier alpha value is -3.19. The van der Waals surface area contributed by atoms with Crippen LogP contribution < -0.4 is 9.54 Å². The second kappa shape index (κ2) is 8.01. The lowest BCUT2D eigenvalue weighted by atomic mass is 10.2. The van der Waals surface area contributed by atoms with Gasteiger partial charge in [-0.3, -0.25) is 9.36 Å². The van der Waals surface area contributed by atoms with Crippen molar-refractivity contribution >= 4 is 23.3 Å². The van der Waals surface area contributed by atoms with E-state index < -0.39 is 0 Å². The van der Waals surface area contributed by atoms with Crippen molar-refractivity contribution in [3.63, 3.8) is 0 Å². The predicted molar refractivity (Wildman–Crippen MR) is 106 cm³/mol. The predicted octanol–water partition coefficient (Wildman–Crippen LogP) is 3.70. The smallest absolute Gasteiger partial charge is 0.216 e. The largest absolute Gasteiger partial charge is 0.507 e. The Kier molecular flexibility index (Phi) is 5.52. The lowest BCUT2D eigenvalue weighted by Crippen LogP contribution is -2.13. The van der Waals surface area contributed by atoms with Gasteiger partial charge in [-0.2, -0.15) is 5.10 Å². The Morgan fingerprint density at radius 1 is 1.22 bits per heavy atom. The van der Waals surface area contributed by atoms with E-state index in [1.54, 1.807) is 12.1 Å². The average molecular weight is 381 g/mol. The molecule has 138 valence electrons. The van der Waals surface area contributed by atoms with E-state index >= 15 is 0 Å². The number of thiazole rings is 1. The van der Waals surface area contributed by atoms with Crippen molar-refractivity contribution in [1.82, 2.24) is 4.57 Å². The topological polar surface area (TPSA) is 76.2 Å². The van der Waals surface area contributed by atoms with Crippen LogP contribution in [0.15, 0.2) is 58.7 Å². The number of ether oxygens (including phenoxy) is 1. The Labute approximate surface area is 160 Å². The zero-order valence-electron chi connectivity index (χ0n) is 15.2. The van der Waals surface area contributed by atoms with Gasteiger partial charge in [0.15, 0.2) is 5.78 Å². The number of hydrogen-bond donors (Lipinski definition) is 1. The van der Waals surface area contributed by atoms with Crippen molar-refractivity contribution in [1.29, 1.82) is 0 Å². The van der Waals surface area contributed by atoms with Gasteiger partial charge in [0.1, 0.15) is 11.5 Å². The number of nitrogens with zero attached hydrogens (tertiary/aromatic N) is 3. The molecule has 0 atom stereocenters. The normalized spacial score (nSPS) is 11.9. The molecule has 0 amide bonds. The van der Waals surface area contributed by atoms with Gasteiger partial charge in [-0.1, -0.05) is 29.5 Å². The molecule has 1 N–H and O–H groups in total. The third-order valence-electron chi connectivity index (χ3n) is 3.96. The number of carbonyl (C=O) groups is 1. The minimum Gasteiger partial charge on any atom is -0.507 e. The van der Waals surface area contributed by atoms with Crippen LogP contribution >= 0.6 is 11.3 Å². The maximum atomic E-state index is 11.9. The summed E-state index contributed by atoms with van der Waals surface area (Å²) in [5, 5.41) is 18.4. The van der Waals surface area contributed by atoms with Gasteiger partial charge in [0.2, 0.25) is 4.80 Å². The number of aromatic hydroxyl groups is 1. The summed E-state index contributed by atoms with van der Waals surface area (Å²) in [5.74, 6) is 0.597. The summed E-state index contributed by atoms with van der Waals surface area (Å²) in [7, 11) is 1.53. The molecule has 0 aliphatic rings. The first-order valence-electron chi connectivity index (χ1n) is 8.24. The van der Waals surface area contributed by atoms with E-state index in [0.29, 0.717) is 21.0 Å². The molecule has 0 bridgehead atoms. The third kappa shape index (κ3) is 3.98. The van der Waals surface area contributed by atoms with Gasteiger partial charge in [0.25, 0.3) is 0 Å². The first-order valence-corrected chi connectivity index (χ1v) is 9.05. The fourth-order valence-electron chi connectivity index (χ4n) is 2.63. The Bertz CT molecular complexity index is 1070. The van der Waals surface area contributed by atoms with Crippen LogP contribution in [0.4, 0.5) is 0 Å². The highest BCUT2D eigenvalue weighted by molar-refractivity contribution is 7.11. The maximum Gasteiger partial charge on any atom is 0.216 e. The third-order valence-corrected chi connectivity index (χ3v) is 5.19. The number of rotatable bonds is 5. The van der Waals surface area contributed by atoms with Gasteiger partial charge < -0.3 is 9.84 Å². The first-order chi connectivity index (χ1) is 13.0. The molecule has 7 heteroatoms. The number of Topliss-reactive ketones (excluding diaryl/α,β-unsaturated/α-hetero) is 1. The van der Waals surface area contributed by atoms with Crippen molar-refractivity contribution in [2.45, 2.75) is 13.8 Å². The molecule has 0 radical (unpaired) electrons. The number of ketones is 1. The second-order valence-corrected chi connectivity index (χ2v) is 6.77. The molecule has 2 aromatic carbocycles. The molecule has 6 nitrogen and oxygen atoms in total. The molecule has 3 aromatic rings. The van der Waals surface area contributed by atoms with Crippen LogP contribution in [0.5, 0.6) is 11.5 Å². The standard InChI is InChI=1S/C20H19N3O3S/c1-13-19(14(2)24)27-20(23(13)16-7-5-4-6-8-16)22-21-12-15-9-10-17(26-3)11-18(15)25/h4-12,25H,1-3H3/b21-12+,22-20+. The number of methoxy groups -OCH3 is 1. The highest BCUT2D eigenvalue weighted by Gasteiger charge is 2.14. The van der Waals surface area contributed by atoms with E-state index in [-0.39, 0.29) is 11.5 Å². The average Bonchev–Trinajstić information content (AvgIpc) is 3.00. The zero-order valence-corrected chi connectivity index (χ0v) is 16.0. The van der Waals surface area contributed by atoms with E-state index in [9.17, 15) is 9.90 Å². The molecular formula is C20H19N3O3S.